The highest BCUT2D eigenvalue weighted by Gasteiger charge is 2.23. The number of fused-ring (bicyclic) bond motifs is 3. The van der Waals surface area contributed by atoms with Crippen LogP contribution < -0.4 is 5.32 Å². The van der Waals surface area contributed by atoms with Gasteiger partial charge in [-0.05, 0) is 52.6 Å². The first-order valence-electron chi connectivity index (χ1n) is 7.19. The molecule has 2 aromatic heterocycles. The van der Waals surface area contributed by atoms with Crippen molar-refractivity contribution in [1.82, 2.24) is 9.97 Å². The summed E-state index contributed by atoms with van der Waals surface area (Å²) in [7, 11) is 0. The Morgan fingerprint density at radius 1 is 1.09 bits per heavy atom. The second kappa shape index (κ2) is 5.48. The van der Waals surface area contributed by atoms with E-state index < -0.39 is 0 Å². The largest absolute Gasteiger partial charge is 0.322 e. The lowest BCUT2D eigenvalue weighted by atomic mass is 10.1. The van der Waals surface area contributed by atoms with E-state index in [-0.39, 0.29) is 5.91 Å². The number of aromatic nitrogens is 2. The van der Waals surface area contributed by atoms with E-state index in [1.807, 2.05) is 18.3 Å². The number of benzene rings is 1. The van der Waals surface area contributed by atoms with E-state index in [9.17, 15) is 4.79 Å². The Morgan fingerprint density at radius 2 is 1.96 bits per heavy atom. The molecule has 0 bridgehead atoms. The van der Waals surface area contributed by atoms with Gasteiger partial charge in [-0.2, -0.15) is 0 Å². The highest BCUT2D eigenvalue weighted by molar-refractivity contribution is 6.31. The maximum absolute atomic E-state index is 12.4. The fraction of sp³-hybridized carbons (Fsp3) is 0.0556. The van der Waals surface area contributed by atoms with Crippen molar-refractivity contribution in [2.45, 2.75) is 6.42 Å². The van der Waals surface area contributed by atoms with Gasteiger partial charge in [0.25, 0.3) is 5.91 Å². The van der Waals surface area contributed by atoms with Crippen LogP contribution in [0.25, 0.3) is 11.1 Å². The van der Waals surface area contributed by atoms with Crippen LogP contribution in [0.1, 0.15) is 21.5 Å². The summed E-state index contributed by atoms with van der Waals surface area (Å²) in [5, 5.41) is 3.54. The molecule has 0 aliphatic heterocycles. The van der Waals surface area contributed by atoms with Gasteiger partial charge < -0.3 is 5.32 Å². The number of hydrogen-bond acceptors (Lipinski definition) is 3. The number of carbonyl (C=O) groups is 1. The topological polar surface area (TPSA) is 54.9 Å². The first-order chi connectivity index (χ1) is 11.2. The fourth-order valence-electron chi connectivity index (χ4n) is 2.89. The van der Waals surface area contributed by atoms with Crippen molar-refractivity contribution in [3.8, 4) is 11.1 Å². The summed E-state index contributed by atoms with van der Waals surface area (Å²) in [5.41, 5.74) is 5.62. The van der Waals surface area contributed by atoms with Crippen LogP contribution in [-0.4, -0.2) is 15.9 Å². The lowest BCUT2D eigenvalue weighted by molar-refractivity contribution is 0.102. The van der Waals surface area contributed by atoms with E-state index in [1.54, 1.807) is 36.8 Å². The molecule has 23 heavy (non-hydrogen) atoms. The molecule has 1 aliphatic carbocycles. The Labute approximate surface area is 138 Å². The van der Waals surface area contributed by atoms with Gasteiger partial charge in [-0.25, -0.2) is 0 Å². The Balaban J connectivity index is 1.74. The Hall–Kier alpha value is -2.72. The molecule has 2 heterocycles. The summed E-state index contributed by atoms with van der Waals surface area (Å²) >= 11 is 6.25. The van der Waals surface area contributed by atoms with Crippen LogP contribution in [-0.2, 0) is 6.42 Å². The third-order valence-corrected chi connectivity index (χ3v) is 4.17. The van der Waals surface area contributed by atoms with Crippen LogP contribution in [0.2, 0.25) is 5.02 Å². The number of halogens is 1. The Kier molecular flexibility index (Phi) is 3.32. The average molecular weight is 322 g/mol. The molecular formula is C18H12ClN3O. The molecule has 0 fully saturated rings. The molecule has 112 valence electrons. The molecule has 0 atom stereocenters. The summed E-state index contributed by atoms with van der Waals surface area (Å²) < 4.78 is 0. The number of anilines is 1. The number of pyridine rings is 2. The number of nitrogens with zero attached hydrogens (tertiary/aromatic N) is 2. The predicted octanol–water partition coefficient (Wildman–Crippen LogP) is 3.95. The summed E-state index contributed by atoms with van der Waals surface area (Å²) in [6, 6.07) is 9.16. The van der Waals surface area contributed by atoms with E-state index in [0.29, 0.717) is 10.6 Å². The molecule has 0 spiro atoms. The van der Waals surface area contributed by atoms with Gasteiger partial charge in [0.2, 0.25) is 0 Å². The highest BCUT2D eigenvalue weighted by atomic mass is 35.5. The van der Waals surface area contributed by atoms with Gasteiger partial charge in [-0.1, -0.05) is 11.6 Å². The molecule has 0 saturated carbocycles. The highest BCUT2D eigenvalue weighted by Crippen LogP contribution is 2.41. The first kappa shape index (κ1) is 13.9. The Morgan fingerprint density at radius 3 is 2.78 bits per heavy atom. The molecule has 4 nitrogen and oxygen atoms in total. The second-order valence-corrected chi connectivity index (χ2v) is 5.82. The van der Waals surface area contributed by atoms with Crippen LogP contribution in [0.5, 0.6) is 0 Å². The number of carbonyl (C=O) groups excluding carboxylic acids is 1. The fourth-order valence-corrected chi connectivity index (χ4v) is 3.11. The minimum absolute atomic E-state index is 0.198. The van der Waals surface area contributed by atoms with Crippen molar-refractivity contribution >= 4 is 23.2 Å². The third-order valence-electron chi connectivity index (χ3n) is 3.95. The zero-order valence-corrected chi connectivity index (χ0v) is 12.8. The van der Waals surface area contributed by atoms with Gasteiger partial charge >= 0.3 is 0 Å². The summed E-state index contributed by atoms with van der Waals surface area (Å²) in [6.45, 7) is 0. The molecular weight excluding hydrogens is 310 g/mol. The maximum Gasteiger partial charge on any atom is 0.257 e. The van der Waals surface area contributed by atoms with Crippen LogP contribution >= 0.6 is 11.6 Å². The van der Waals surface area contributed by atoms with Gasteiger partial charge in [-0.15, -0.1) is 0 Å². The van der Waals surface area contributed by atoms with Crippen molar-refractivity contribution in [2.24, 2.45) is 0 Å². The van der Waals surface area contributed by atoms with Crippen molar-refractivity contribution in [2.75, 3.05) is 5.32 Å². The van der Waals surface area contributed by atoms with Gasteiger partial charge in [0, 0.05) is 41.9 Å². The van der Waals surface area contributed by atoms with Crippen molar-refractivity contribution in [1.29, 1.82) is 0 Å². The molecule has 1 amide bonds. The van der Waals surface area contributed by atoms with E-state index in [4.69, 9.17) is 11.6 Å². The minimum Gasteiger partial charge on any atom is -0.322 e. The molecule has 1 aromatic carbocycles. The van der Waals surface area contributed by atoms with E-state index in [2.05, 4.69) is 15.3 Å². The standard InChI is InChI=1S/C18H12ClN3O/c19-13-7-15-14-3-5-21-10-12(14)6-16(15)17(8-13)22-18(23)11-2-1-4-20-9-11/h1-5,7-10H,6H2,(H,22,23). The van der Waals surface area contributed by atoms with Gasteiger partial charge in [0.1, 0.15) is 0 Å². The van der Waals surface area contributed by atoms with Gasteiger partial charge in [0.15, 0.2) is 0 Å². The third kappa shape index (κ3) is 2.47. The molecule has 4 rings (SSSR count). The zero-order chi connectivity index (χ0) is 15.8. The average Bonchev–Trinajstić information content (AvgIpc) is 2.94. The first-order valence-corrected chi connectivity index (χ1v) is 7.57. The van der Waals surface area contributed by atoms with Crippen molar-refractivity contribution < 1.29 is 4.79 Å². The molecule has 0 radical (unpaired) electrons. The van der Waals surface area contributed by atoms with Crippen molar-refractivity contribution in [3.63, 3.8) is 0 Å². The lowest BCUT2D eigenvalue weighted by Gasteiger charge is -2.11. The lowest BCUT2D eigenvalue weighted by Crippen LogP contribution is -2.13. The monoisotopic (exact) mass is 321 g/mol. The molecule has 3 aromatic rings. The number of rotatable bonds is 2. The van der Waals surface area contributed by atoms with E-state index >= 15 is 0 Å². The van der Waals surface area contributed by atoms with Gasteiger partial charge in [0.05, 0.1) is 5.56 Å². The van der Waals surface area contributed by atoms with E-state index in [0.717, 1.165) is 34.4 Å². The normalized spacial score (nSPS) is 11.7. The Bertz CT molecular complexity index is 909. The summed E-state index contributed by atoms with van der Waals surface area (Å²) in [5.74, 6) is -0.198. The van der Waals surface area contributed by atoms with Crippen LogP contribution in [0.15, 0.2) is 55.1 Å². The van der Waals surface area contributed by atoms with E-state index in [1.165, 1.54) is 0 Å². The molecule has 0 unspecified atom stereocenters. The molecule has 1 aliphatic rings. The minimum atomic E-state index is -0.198. The SMILES string of the molecule is O=C(Nc1cc(Cl)cc2c1Cc1cnccc1-2)c1cccnc1. The van der Waals surface area contributed by atoms with Gasteiger partial charge in [-0.3, -0.25) is 14.8 Å². The molecule has 0 saturated heterocycles. The molecule has 5 heteroatoms. The maximum atomic E-state index is 12.4. The predicted molar refractivity (Wildman–Crippen MR) is 89.7 cm³/mol. The number of hydrogen-bond donors (Lipinski definition) is 1. The molecule has 1 N–H and O–H groups in total. The second-order valence-electron chi connectivity index (χ2n) is 5.38. The van der Waals surface area contributed by atoms with Crippen LogP contribution in [0.4, 0.5) is 5.69 Å². The smallest absolute Gasteiger partial charge is 0.257 e. The van der Waals surface area contributed by atoms with Crippen LogP contribution in [0, 0.1) is 0 Å². The van der Waals surface area contributed by atoms with Crippen LogP contribution in [0.3, 0.4) is 0 Å². The summed E-state index contributed by atoms with van der Waals surface area (Å²) in [6.07, 6.45) is 7.54. The summed E-state index contributed by atoms with van der Waals surface area (Å²) in [4.78, 5) is 20.5. The van der Waals surface area contributed by atoms with Crippen molar-refractivity contribution in [3.05, 3.63) is 76.8 Å². The quantitative estimate of drug-likeness (QED) is 0.608. The number of amides is 1. The number of nitrogens with one attached hydrogen (secondary N) is 1. The zero-order valence-electron chi connectivity index (χ0n) is 12.1.